The van der Waals surface area contributed by atoms with Crippen LogP contribution in [0.5, 0.6) is 0 Å². The van der Waals surface area contributed by atoms with E-state index in [9.17, 15) is 4.79 Å². The molecule has 2 saturated heterocycles. The highest BCUT2D eigenvalue weighted by molar-refractivity contribution is 9.09. The highest BCUT2D eigenvalue weighted by Gasteiger charge is 2.29. The van der Waals surface area contributed by atoms with Gasteiger partial charge in [-0.25, -0.2) is 15.1 Å². The van der Waals surface area contributed by atoms with Crippen LogP contribution >= 0.6 is 15.9 Å². The minimum atomic E-state index is 0.328. The molecule has 2 aliphatic rings. The van der Waals surface area contributed by atoms with Crippen molar-refractivity contribution in [2.75, 3.05) is 31.5 Å². The van der Waals surface area contributed by atoms with Crippen molar-refractivity contribution >= 4 is 21.8 Å². The van der Waals surface area contributed by atoms with E-state index in [1.54, 1.807) is 0 Å². The summed E-state index contributed by atoms with van der Waals surface area (Å²) in [6, 6.07) is 0. The fourth-order valence-corrected chi connectivity index (χ4v) is 4.03. The molecule has 0 aromatic heterocycles. The predicted octanol–water partition coefficient (Wildman–Crippen LogP) is 4.35. The van der Waals surface area contributed by atoms with Gasteiger partial charge in [0.25, 0.3) is 5.91 Å². The number of carbonyl (C=O) groups is 1. The first-order chi connectivity index (χ1) is 11.3. The number of unbranched alkanes of at least 4 members (excludes halogenated alkanes) is 4. The first-order valence-electron chi connectivity index (χ1n) is 9.71. The first-order valence-corrected chi connectivity index (χ1v) is 10.8. The van der Waals surface area contributed by atoms with Crippen LogP contribution in [0, 0.1) is 0 Å². The second-order valence-electron chi connectivity index (χ2n) is 6.92. The van der Waals surface area contributed by atoms with Crippen molar-refractivity contribution in [3.8, 4) is 0 Å². The molecule has 2 rings (SSSR count). The molecular weight excluding hydrogens is 354 g/mol. The normalized spacial score (nSPS) is 20.6. The Balaban J connectivity index is 1.81. The first kappa shape index (κ1) is 19.2. The summed E-state index contributed by atoms with van der Waals surface area (Å²) in [4.78, 5) is 12.9. The van der Waals surface area contributed by atoms with E-state index in [2.05, 4.69) is 31.1 Å². The zero-order valence-corrected chi connectivity index (χ0v) is 16.2. The molecule has 0 unspecified atom stereocenters. The van der Waals surface area contributed by atoms with E-state index in [0.717, 1.165) is 37.9 Å². The summed E-state index contributed by atoms with van der Waals surface area (Å²) in [5.41, 5.74) is 0. The fourth-order valence-electron chi connectivity index (χ4n) is 3.63. The molecule has 5 heteroatoms. The monoisotopic (exact) mass is 387 g/mol. The minimum absolute atomic E-state index is 0.328. The Bertz CT molecular complexity index is 310. The van der Waals surface area contributed by atoms with Crippen LogP contribution in [0.4, 0.5) is 0 Å². The lowest BCUT2D eigenvalue weighted by atomic mass is 10.1. The van der Waals surface area contributed by atoms with Crippen LogP contribution in [-0.2, 0) is 4.79 Å². The number of hydrogen-bond donors (Lipinski definition) is 0. The van der Waals surface area contributed by atoms with E-state index in [-0.39, 0.29) is 0 Å². The molecule has 0 radical (unpaired) electrons. The number of hydrazine groups is 2. The van der Waals surface area contributed by atoms with Crippen molar-refractivity contribution < 1.29 is 4.79 Å². The van der Waals surface area contributed by atoms with Crippen LogP contribution in [-0.4, -0.2) is 52.6 Å². The maximum atomic E-state index is 12.9. The van der Waals surface area contributed by atoms with Gasteiger partial charge in [-0.05, 0) is 38.5 Å². The quantitative estimate of drug-likeness (QED) is 0.434. The van der Waals surface area contributed by atoms with Crippen LogP contribution in [0.15, 0.2) is 0 Å². The molecule has 0 aromatic rings. The molecule has 0 bridgehead atoms. The second-order valence-corrected chi connectivity index (χ2v) is 7.71. The van der Waals surface area contributed by atoms with Crippen molar-refractivity contribution in [3.05, 3.63) is 0 Å². The summed E-state index contributed by atoms with van der Waals surface area (Å²) in [5.74, 6) is 0.328. The lowest BCUT2D eigenvalue weighted by Crippen LogP contribution is -2.58. The highest BCUT2D eigenvalue weighted by atomic mass is 79.9. The predicted molar refractivity (Wildman–Crippen MR) is 99.2 cm³/mol. The largest absolute Gasteiger partial charge is 0.272 e. The lowest BCUT2D eigenvalue weighted by molar-refractivity contribution is -0.207. The van der Waals surface area contributed by atoms with E-state index in [1.807, 2.05) is 0 Å². The Morgan fingerprint density at radius 2 is 1.22 bits per heavy atom. The third kappa shape index (κ3) is 6.71. The summed E-state index contributed by atoms with van der Waals surface area (Å²) < 4.78 is 0. The maximum Gasteiger partial charge on any atom is 0.251 e. The zero-order valence-electron chi connectivity index (χ0n) is 14.6. The number of hydrogen-bond acceptors (Lipinski definition) is 3. The molecule has 0 atom stereocenters. The summed E-state index contributed by atoms with van der Waals surface area (Å²) in [7, 11) is 0. The van der Waals surface area contributed by atoms with Gasteiger partial charge < -0.3 is 0 Å². The number of amides is 1. The molecule has 4 nitrogen and oxygen atoms in total. The number of alkyl halides is 1. The zero-order chi connectivity index (χ0) is 16.3. The van der Waals surface area contributed by atoms with Gasteiger partial charge in [-0.3, -0.25) is 4.79 Å². The third-order valence-corrected chi connectivity index (χ3v) is 5.51. The van der Waals surface area contributed by atoms with E-state index in [1.165, 1.54) is 64.2 Å². The van der Waals surface area contributed by atoms with Gasteiger partial charge in [-0.15, -0.1) is 0 Å². The van der Waals surface area contributed by atoms with E-state index in [4.69, 9.17) is 0 Å². The summed E-state index contributed by atoms with van der Waals surface area (Å²) >= 11 is 3.48. The summed E-state index contributed by atoms with van der Waals surface area (Å²) in [6.45, 7) is 4.20. The Labute approximate surface area is 150 Å². The molecule has 1 amide bonds. The van der Waals surface area contributed by atoms with Crippen molar-refractivity contribution in [1.29, 1.82) is 0 Å². The summed E-state index contributed by atoms with van der Waals surface area (Å²) in [6.07, 6.45) is 14.3. The van der Waals surface area contributed by atoms with Crippen LogP contribution in [0.3, 0.4) is 0 Å². The number of carbonyl (C=O) groups excluding carboxylic acids is 1. The average Bonchev–Trinajstić information content (AvgIpc) is 2.60. The number of halogens is 1. The molecule has 0 saturated carbocycles. The molecule has 2 heterocycles. The molecule has 0 aliphatic carbocycles. The number of piperidine rings is 2. The molecule has 134 valence electrons. The van der Waals surface area contributed by atoms with E-state index < -0.39 is 0 Å². The number of nitrogens with zero attached hydrogens (tertiary/aromatic N) is 3. The van der Waals surface area contributed by atoms with Crippen molar-refractivity contribution in [1.82, 2.24) is 15.1 Å². The molecule has 0 spiro atoms. The average molecular weight is 388 g/mol. The van der Waals surface area contributed by atoms with Crippen molar-refractivity contribution in [2.45, 2.75) is 77.0 Å². The minimum Gasteiger partial charge on any atom is -0.272 e. The Hall–Kier alpha value is -0.130. The van der Waals surface area contributed by atoms with Gasteiger partial charge in [-0.1, -0.05) is 48.0 Å². The van der Waals surface area contributed by atoms with Gasteiger partial charge in [0.15, 0.2) is 0 Å². The SMILES string of the molecule is O=C(CCCCCCCBr)N(N1CCCCC1)N1CCCCC1. The standard InChI is InChI=1S/C18H34BrN3O/c19-13-7-3-1-2-6-12-18(23)22(20-14-8-4-9-15-20)21-16-10-5-11-17-21/h1-17H2. The molecule has 2 fully saturated rings. The van der Waals surface area contributed by atoms with Gasteiger partial charge in [-0.2, -0.15) is 0 Å². The van der Waals surface area contributed by atoms with Crippen LogP contribution < -0.4 is 0 Å². The van der Waals surface area contributed by atoms with E-state index >= 15 is 0 Å². The van der Waals surface area contributed by atoms with Crippen molar-refractivity contribution in [3.63, 3.8) is 0 Å². The van der Waals surface area contributed by atoms with Gasteiger partial charge in [0.05, 0.1) is 0 Å². The summed E-state index contributed by atoms with van der Waals surface area (Å²) in [5, 5.41) is 7.80. The third-order valence-electron chi connectivity index (χ3n) is 4.95. The van der Waals surface area contributed by atoms with Crippen molar-refractivity contribution in [2.24, 2.45) is 0 Å². The van der Waals surface area contributed by atoms with Gasteiger partial charge in [0.1, 0.15) is 0 Å². The highest BCUT2D eigenvalue weighted by Crippen LogP contribution is 2.20. The van der Waals surface area contributed by atoms with Crippen LogP contribution in [0.25, 0.3) is 0 Å². The van der Waals surface area contributed by atoms with Gasteiger partial charge in [0, 0.05) is 37.9 Å². The van der Waals surface area contributed by atoms with E-state index in [0.29, 0.717) is 12.3 Å². The maximum absolute atomic E-state index is 12.9. The Morgan fingerprint density at radius 1 is 0.739 bits per heavy atom. The molecule has 2 aliphatic heterocycles. The molecule has 23 heavy (non-hydrogen) atoms. The second kappa shape index (κ2) is 11.4. The topological polar surface area (TPSA) is 26.8 Å². The fraction of sp³-hybridized carbons (Fsp3) is 0.944. The van der Waals surface area contributed by atoms with Crippen LogP contribution in [0.2, 0.25) is 0 Å². The number of rotatable bonds is 9. The molecule has 0 N–H and O–H groups in total. The molecular formula is C18H34BrN3O. The lowest BCUT2D eigenvalue weighted by Gasteiger charge is -2.45. The Kier molecular flexibility index (Phi) is 9.54. The van der Waals surface area contributed by atoms with Gasteiger partial charge >= 0.3 is 0 Å². The van der Waals surface area contributed by atoms with Crippen LogP contribution in [0.1, 0.15) is 77.0 Å². The molecule has 0 aromatic carbocycles. The smallest absolute Gasteiger partial charge is 0.251 e. The van der Waals surface area contributed by atoms with Gasteiger partial charge in [0.2, 0.25) is 0 Å². The Morgan fingerprint density at radius 3 is 1.74 bits per heavy atom.